The Kier molecular flexibility index (Phi) is 5.88. The lowest BCUT2D eigenvalue weighted by molar-refractivity contribution is 0.0990. The molecule has 0 saturated carbocycles. The molecular formula is C46H27NO2. The molecule has 1 aliphatic carbocycles. The standard InChI is InChI=1S/C46H27NO2/c48-45-39-26-31-11-3-4-12-32(31)27-40(39)46(49)41(45)24-28-17-21-35-33(23-28)19-22-43-44(35)38-15-6-5-13-36(38)37-14-7-8-16-42(37)47(43)34-20-18-29-9-1-2-10-30(29)25-34/h1-27H. The van der Waals surface area contributed by atoms with Crippen molar-refractivity contribution < 1.29 is 9.59 Å². The number of hydrogen-bond donors (Lipinski definition) is 0. The maximum Gasteiger partial charge on any atom is 0.197 e. The molecule has 0 fully saturated rings. The largest absolute Gasteiger partial charge is 0.309 e. The summed E-state index contributed by atoms with van der Waals surface area (Å²) in [4.78, 5) is 29.5. The molecule has 3 heteroatoms. The lowest BCUT2D eigenvalue weighted by Gasteiger charge is -2.28. The molecule has 49 heavy (non-hydrogen) atoms. The van der Waals surface area contributed by atoms with Crippen LogP contribution in [0.2, 0.25) is 0 Å². The SMILES string of the molecule is O=C1C(=Cc2ccc3c4c(ccc3c2)N(c2ccc3ccccc3c2)c2ccccc2-c2ccccc2-4)C(=O)c2cc3ccccc3cc21. The number of rotatable bonds is 2. The molecule has 0 saturated heterocycles. The maximum absolute atomic E-state index is 13.6. The third kappa shape index (κ3) is 4.16. The van der Waals surface area contributed by atoms with Gasteiger partial charge in [0.25, 0.3) is 0 Å². The predicted molar refractivity (Wildman–Crippen MR) is 201 cm³/mol. The Morgan fingerprint density at radius 3 is 1.73 bits per heavy atom. The van der Waals surface area contributed by atoms with Crippen LogP contribution in [0.3, 0.4) is 0 Å². The Bertz CT molecular complexity index is 2710. The van der Waals surface area contributed by atoms with Crippen LogP contribution in [-0.4, -0.2) is 11.6 Å². The van der Waals surface area contributed by atoms with Gasteiger partial charge in [-0.05, 0) is 97.5 Å². The van der Waals surface area contributed by atoms with Crippen LogP contribution in [0.5, 0.6) is 0 Å². The Labute approximate surface area is 283 Å². The first-order valence-corrected chi connectivity index (χ1v) is 16.5. The van der Waals surface area contributed by atoms with Gasteiger partial charge in [-0.3, -0.25) is 9.59 Å². The van der Waals surface area contributed by atoms with Crippen LogP contribution in [0, 0.1) is 0 Å². The third-order valence-corrected chi connectivity index (χ3v) is 10.1. The van der Waals surface area contributed by atoms with Crippen LogP contribution in [0.1, 0.15) is 26.3 Å². The second kappa shape index (κ2) is 10.5. The van der Waals surface area contributed by atoms with Crippen molar-refractivity contribution in [3.05, 3.63) is 180 Å². The summed E-state index contributed by atoms with van der Waals surface area (Å²) >= 11 is 0. The topological polar surface area (TPSA) is 37.4 Å². The Morgan fingerprint density at radius 2 is 1.00 bits per heavy atom. The highest BCUT2D eigenvalue weighted by Crippen LogP contribution is 2.53. The molecule has 0 N–H and O–H groups in total. The molecule has 0 spiro atoms. The number of hydrogen-bond acceptors (Lipinski definition) is 3. The Morgan fingerprint density at radius 1 is 0.408 bits per heavy atom. The lowest BCUT2D eigenvalue weighted by Crippen LogP contribution is -2.11. The summed E-state index contributed by atoms with van der Waals surface area (Å²) in [6.07, 6.45) is 1.76. The molecule has 0 atom stereocenters. The van der Waals surface area contributed by atoms with Crippen molar-refractivity contribution in [3.8, 4) is 22.3 Å². The van der Waals surface area contributed by atoms with Gasteiger partial charge in [0, 0.05) is 27.9 Å². The number of ketones is 2. The minimum absolute atomic E-state index is 0.211. The van der Waals surface area contributed by atoms with Crippen LogP contribution in [-0.2, 0) is 0 Å². The van der Waals surface area contributed by atoms with E-state index in [9.17, 15) is 9.59 Å². The number of nitrogens with zero attached hydrogens (tertiary/aromatic N) is 1. The van der Waals surface area contributed by atoms with Gasteiger partial charge in [-0.25, -0.2) is 0 Å². The van der Waals surface area contributed by atoms with Gasteiger partial charge < -0.3 is 4.90 Å². The minimum Gasteiger partial charge on any atom is -0.309 e. The van der Waals surface area contributed by atoms with Crippen LogP contribution in [0.4, 0.5) is 17.1 Å². The molecule has 1 aliphatic heterocycles. The average Bonchev–Trinajstić information content (AvgIpc) is 3.29. The van der Waals surface area contributed by atoms with Gasteiger partial charge in [-0.15, -0.1) is 0 Å². The van der Waals surface area contributed by atoms with Crippen molar-refractivity contribution in [1.29, 1.82) is 0 Å². The fourth-order valence-corrected chi connectivity index (χ4v) is 7.76. The van der Waals surface area contributed by atoms with Gasteiger partial charge in [0.05, 0.1) is 16.9 Å². The number of para-hydroxylation sites is 1. The highest BCUT2D eigenvalue weighted by Gasteiger charge is 2.33. The molecule has 8 aromatic rings. The fraction of sp³-hybridized carbons (Fsp3) is 0. The lowest BCUT2D eigenvalue weighted by atomic mass is 9.90. The smallest absolute Gasteiger partial charge is 0.197 e. The van der Waals surface area contributed by atoms with Crippen molar-refractivity contribution in [2.24, 2.45) is 0 Å². The highest BCUT2D eigenvalue weighted by atomic mass is 16.2. The molecule has 228 valence electrons. The fourth-order valence-electron chi connectivity index (χ4n) is 7.76. The van der Waals surface area contributed by atoms with Gasteiger partial charge in [0.15, 0.2) is 11.6 Å². The quantitative estimate of drug-likeness (QED) is 0.142. The van der Waals surface area contributed by atoms with E-state index in [4.69, 9.17) is 0 Å². The predicted octanol–water partition coefficient (Wildman–Crippen LogP) is 11.7. The Balaban J connectivity index is 1.16. The van der Waals surface area contributed by atoms with E-state index in [2.05, 4.69) is 120 Å². The number of fused-ring (bicyclic) bond motifs is 10. The van der Waals surface area contributed by atoms with Gasteiger partial charge >= 0.3 is 0 Å². The van der Waals surface area contributed by atoms with Gasteiger partial charge in [0.2, 0.25) is 0 Å². The van der Waals surface area contributed by atoms with Crippen molar-refractivity contribution in [2.75, 3.05) is 4.90 Å². The first-order chi connectivity index (χ1) is 24.1. The maximum atomic E-state index is 13.6. The number of carbonyl (C=O) groups excluding carboxylic acids is 2. The molecule has 0 radical (unpaired) electrons. The molecule has 0 unspecified atom stereocenters. The second-order valence-electron chi connectivity index (χ2n) is 12.8. The normalized spacial score (nSPS) is 13.3. The van der Waals surface area contributed by atoms with Crippen molar-refractivity contribution in [2.45, 2.75) is 0 Å². The number of allylic oxidation sites excluding steroid dienone is 1. The third-order valence-electron chi connectivity index (χ3n) is 10.1. The average molecular weight is 626 g/mol. The minimum atomic E-state index is -0.217. The molecule has 2 aliphatic rings. The molecule has 10 rings (SSSR count). The monoisotopic (exact) mass is 625 g/mol. The summed E-state index contributed by atoms with van der Waals surface area (Å²) in [7, 11) is 0. The number of Topliss-reactive ketones (excluding diaryl/α,β-unsaturated/α-hetero) is 2. The van der Waals surface area contributed by atoms with E-state index in [1.165, 1.54) is 21.9 Å². The van der Waals surface area contributed by atoms with E-state index >= 15 is 0 Å². The first-order valence-electron chi connectivity index (χ1n) is 16.5. The van der Waals surface area contributed by atoms with Crippen LogP contribution in [0.15, 0.2) is 163 Å². The molecule has 0 bridgehead atoms. The highest BCUT2D eigenvalue weighted by molar-refractivity contribution is 6.42. The molecule has 3 nitrogen and oxygen atoms in total. The van der Waals surface area contributed by atoms with Gasteiger partial charge in [-0.2, -0.15) is 0 Å². The van der Waals surface area contributed by atoms with E-state index in [-0.39, 0.29) is 17.1 Å². The first kappa shape index (κ1) is 27.5. The van der Waals surface area contributed by atoms with Crippen LogP contribution < -0.4 is 4.90 Å². The summed E-state index contributed by atoms with van der Waals surface area (Å²) in [5.41, 5.74) is 9.93. The second-order valence-corrected chi connectivity index (χ2v) is 12.8. The van der Waals surface area contributed by atoms with E-state index in [0.717, 1.165) is 55.3 Å². The molecule has 1 heterocycles. The zero-order valence-corrected chi connectivity index (χ0v) is 26.4. The van der Waals surface area contributed by atoms with E-state index in [1.54, 1.807) is 6.08 Å². The van der Waals surface area contributed by atoms with Crippen molar-refractivity contribution >= 4 is 67.0 Å². The van der Waals surface area contributed by atoms with Crippen molar-refractivity contribution in [3.63, 3.8) is 0 Å². The summed E-state index contributed by atoms with van der Waals surface area (Å²) < 4.78 is 0. The molecule has 8 aromatic carbocycles. The summed E-state index contributed by atoms with van der Waals surface area (Å²) in [6, 6.07) is 54.5. The summed E-state index contributed by atoms with van der Waals surface area (Å²) in [6.45, 7) is 0. The van der Waals surface area contributed by atoms with Gasteiger partial charge in [0.1, 0.15) is 0 Å². The van der Waals surface area contributed by atoms with Crippen molar-refractivity contribution in [1.82, 2.24) is 0 Å². The summed E-state index contributed by atoms with van der Waals surface area (Å²) in [5.74, 6) is -0.434. The van der Waals surface area contributed by atoms with E-state index in [1.807, 2.05) is 42.5 Å². The number of anilines is 3. The van der Waals surface area contributed by atoms with E-state index in [0.29, 0.717) is 11.1 Å². The molecular weight excluding hydrogens is 599 g/mol. The summed E-state index contributed by atoms with van der Waals surface area (Å²) in [5, 5.41) is 6.43. The molecule has 0 amide bonds. The van der Waals surface area contributed by atoms with Crippen LogP contribution in [0.25, 0.3) is 60.6 Å². The van der Waals surface area contributed by atoms with Crippen LogP contribution >= 0.6 is 0 Å². The zero-order valence-electron chi connectivity index (χ0n) is 26.4. The number of benzene rings is 8. The Hall–Kier alpha value is -6.58. The molecule has 0 aromatic heterocycles. The van der Waals surface area contributed by atoms with E-state index < -0.39 is 0 Å². The number of carbonyl (C=O) groups is 2. The zero-order chi connectivity index (χ0) is 32.6. The van der Waals surface area contributed by atoms with Gasteiger partial charge in [-0.1, -0.05) is 115 Å².